The molecule has 2 bridgehead atoms. The number of benzene rings is 1. The van der Waals surface area contributed by atoms with E-state index >= 15 is 0 Å². The molecule has 1 aromatic rings. The van der Waals surface area contributed by atoms with Crippen molar-refractivity contribution in [1.29, 1.82) is 0 Å². The SMILES string of the molecule is CC(C)(C)CC(C)(C)NC(=O)C1N(CCO)C(=O)[C@@H]2[C@@H](C(=O)Nc3ccccc3)[C@@]3(C)CCC12O3. The molecule has 0 radical (unpaired) electrons. The van der Waals surface area contributed by atoms with Gasteiger partial charge >= 0.3 is 0 Å². The average molecular weight is 486 g/mol. The lowest BCUT2D eigenvalue weighted by atomic mass is 9.66. The molecule has 1 spiro atoms. The van der Waals surface area contributed by atoms with Crippen LogP contribution in [0.3, 0.4) is 0 Å². The van der Waals surface area contributed by atoms with Crippen molar-refractivity contribution in [2.45, 2.75) is 83.6 Å². The largest absolute Gasteiger partial charge is 0.395 e. The highest BCUT2D eigenvalue weighted by Crippen LogP contribution is 2.63. The minimum absolute atomic E-state index is 0.00963. The molecule has 5 atom stereocenters. The predicted octanol–water partition coefficient (Wildman–Crippen LogP) is 2.71. The van der Waals surface area contributed by atoms with Crippen LogP contribution < -0.4 is 10.6 Å². The first-order valence-corrected chi connectivity index (χ1v) is 12.5. The maximum absolute atomic E-state index is 13.8. The molecular weight excluding hydrogens is 446 g/mol. The van der Waals surface area contributed by atoms with Crippen molar-refractivity contribution in [3.63, 3.8) is 0 Å². The number of hydrogen-bond acceptors (Lipinski definition) is 5. The van der Waals surface area contributed by atoms with Gasteiger partial charge in [-0.15, -0.1) is 0 Å². The van der Waals surface area contributed by atoms with Crippen LogP contribution in [0, 0.1) is 17.3 Å². The van der Waals surface area contributed by atoms with Crippen LogP contribution in [-0.4, -0.2) is 63.7 Å². The zero-order valence-electron chi connectivity index (χ0n) is 21.7. The van der Waals surface area contributed by atoms with Gasteiger partial charge in [0.05, 0.1) is 24.0 Å². The summed E-state index contributed by atoms with van der Waals surface area (Å²) in [6, 6.07) is 8.23. The Bertz CT molecular complexity index is 1000. The second kappa shape index (κ2) is 8.59. The van der Waals surface area contributed by atoms with E-state index in [1.165, 1.54) is 4.90 Å². The Morgan fingerprint density at radius 1 is 1.11 bits per heavy atom. The van der Waals surface area contributed by atoms with E-state index in [2.05, 4.69) is 31.4 Å². The normalized spacial score (nSPS) is 32.0. The molecule has 8 heteroatoms. The lowest BCUT2D eigenvalue weighted by Gasteiger charge is -2.38. The van der Waals surface area contributed by atoms with Crippen LogP contribution in [0.4, 0.5) is 5.69 Å². The number of fused-ring (bicyclic) bond motifs is 1. The maximum atomic E-state index is 13.8. The molecule has 35 heavy (non-hydrogen) atoms. The number of para-hydroxylation sites is 1. The molecule has 3 N–H and O–H groups in total. The van der Waals surface area contributed by atoms with Gasteiger partial charge < -0.3 is 25.4 Å². The van der Waals surface area contributed by atoms with Crippen LogP contribution in [-0.2, 0) is 19.1 Å². The third-order valence-electron chi connectivity index (χ3n) is 7.62. The second-order valence-electron chi connectivity index (χ2n) is 12.4. The Labute approximate surface area is 207 Å². The van der Waals surface area contributed by atoms with E-state index in [-0.39, 0.29) is 36.3 Å². The summed E-state index contributed by atoms with van der Waals surface area (Å²) in [5.41, 5.74) is -1.81. The summed E-state index contributed by atoms with van der Waals surface area (Å²) in [7, 11) is 0. The van der Waals surface area contributed by atoms with Gasteiger partial charge in [0.15, 0.2) is 0 Å². The number of carbonyl (C=O) groups is 3. The van der Waals surface area contributed by atoms with Gasteiger partial charge in [-0.25, -0.2) is 0 Å². The molecule has 192 valence electrons. The number of ether oxygens (including phenoxy) is 1. The quantitative estimate of drug-likeness (QED) is 0.550. The summed E-state index contributed by atoms with van der Waals surface area (Å²) in [5.74, 6) is -2.39. The van der Waals surface area contributed by atoms with E-state index in [4.69, 9.17) is 4.74 Å². The first-order chi connectivity index (χ1) is 16.2. The first-order valence-electron chi connectivity index (χ1n) is 12.5. The van der Waals surface area contributed by atoms with E-state index in [0.717, 1.165) is 6.42 Å². The van der Waals surface area contributed by atoms with Gasteiger partial charge in [-0.3, -0.25) is 14.4 Å². The minimum Gasteiger partial charge on any atom is -0.395 e. The summed E-state index contributed by atoms with van der Waals surface area (Å²) in [5, 5.41) is 15.8. The van der Waals surface area contributed by atoms with Gasteiger partial charge in [0, 0.05) is 17.8 Å². The van der Waals surface area contributed by atoms with Crippen molar-refractivity contribution in [2.24, 2.45) is 17.3 Å². The Hall–Kier alpha value is -2.45. The van der Waals surface area contributed by atoms with Crippen molar-refractivity contribution >= 4 is 23.4 Å². The second-order valence-corrected chi connectivity index (χ2v) is 12.4. The Morgan fingerprint density at radius 3 is 2.37 bits per heavy atom. The minimum atomic E-state index is -1.10. The van der Waals surface area contributed by atoms with E-state index < -0.39 is 34.6 Å². The fourth-order valence-corrected chi connectivity index (χ4v) is 6.99. The number of nitrogens with zero attached hydrogens (tertiary/aromatic N) is 1. The lowest BCUT2D eigenvalue weighted by Crippen LogP contribution is -2.59. The summed E-state index contributed by atoms with van der Waals surface area (Å²) in [4.78, 5) is 42.5. The molecular formula is C27H39N3O5. The van der Waals surface area contributed by atoms with Crippen LogP contribution in [0.1, 0.15) is 60.8 Å². The Morgan fingerprint density at radius 2 is 1.77 bits per heavy atom. The topological polar surface area (TPSA) is 108 Å². The highest BCUT2D eigenvalue weighted by atomic mass is 16.5. The van der Waals surface area contributed by atoms with Crippen molar-refractivity contribution in [1.82, 2.24) is 10.2 Å². The summed E-state index contributed by atoms with van der Waals surface area (Å²) >= 11 is 0. The molecule has 8 nitrogen and oxygen atoms in total. The molecule has 3 aliphatic heterocycles. The van der Waals surface area contributed by atoms with Gasteiger partial charge in [0.2, 0.25) is 17.7 Å². The molecule has 3 aliphatic rings. The highest BCUT2D eigenvalue weighted by molar-refractivity contribution is 6.02. The fourth-order valence-electron chi connectivity index (χ4n) is 6.99. The number of aliphatic hydroxyl groups is 1. The third-order valence-corrected chi connectivity index (χ3v) is 7.62. The fraction of sp³-hybridized carbons (Fsp3) is 0.667. The number of anilines is 1. The standard InChI is InChI=1S/C27H39N3O5/c1-24(2,3)16-25(4,5)29-22(33)20-27-13-12-26(6,35-27)18(19(27)23(34)30(20)14-15-31)21(32)28-17-10-8-7-9-11-17/h7-11,18-20,31H,12-16H2,1-6H3,(H,28,32)(H,29,33)/t18-,19-,20?,26+,27?/m0/s1. The monoisotopic (exact) mass is 485 g/mol. The number of β-amino-alcohol motifs (C(OH)–C–C–N with tert-alkyl or cyclic N) is 1. The summed E-state index contributed by atoms with van der Waals surface area (Å²) in [6.07, 6.45) is 1.82. The van der Waals surface area contributed by atoms with Crippen molar-refractivity contribution in [3.05, 3.63) is 30.3 Å². The molecule has 0 aromatic heterocycles. The zero-order valence-corrected chi connectivity index (χ0v) is 21.7. The van der Waals surface area contributed by atoms with Crippen LogP contribution in [0.25, 0.3) is 0 Å². The van der Waals surface area contributed by atoms with Gasteiger partial charge in [0.25, 0.3) is 0 Å². The molecule has 3 heterocycles. The van der Waals surface area contributed by atoms with Crippen LogP contribution in [0.5, 0.6) is 0 Å². The van der Waals surface area contributed by atoms with Crippen molar-refractivity contribution in [3.8, 4) is 0 Å². The van der Waals surface area contributed by atoms with Crippen LogP contribution in [0.15, 0.2) is 30.3 Å². The molecule has 1 aromatic carbocycles. The van der Waals surface area contributed by atoms with E-state index in [1.54, 1.807) is 12.1 Å². The number of aliphatic hydroxyl groups excluding tert-OH is 1. The van der Waals surface area contributed by atoms with E-state index in [1.807, 2.05) is 39.0 Å². The Kier molecular flexibility index (Phi) is 6.29. The van der Waals surface area contributed by atoms with E-state index in [0.29, 0.717) is 18.5 Å². The van der Waals surface area contributed by atoms with Crippen LogP contribution in [0.2, 0.25) is 0 Å². The number of rotatable bonds is 7. The average Bonchev–Trinajstić information content (AvgIpc) is 3.28. The molecule has 0 saturated carbocycles. The molecule has 2 unspecified atom stereocenters. The number of likely N-dealkylation sites (tertiary alicyclic amines) is 1. The van der Waals surface area contributed by atoms with Crippen LogP contribution >= 0.6 is 0 Å². The molecule has 0 aliphatic carbocycles. The summed E-state index contributed by atoms with van der Waals surface area (Å²) in [6.45, 7) is 11.9. The number of hydrogen-bond donors (Lipinski definition) is 3. The van der Waals surface area contributed by atoms with Crippen molar-refractivity contribution < 1.29 is 24.2 Å². The Balaban J connectivity index is 1.67. The summed E-state index contributed by atoms with van der Waals surface area (Å²) < 4.78 is 6.57. The molecule has 4 rings (SSSR count). The number of nitrogens with one attached hydrogen (secondary N) is 2. The molecule has 3 saturated heterocycles. The van der Waals surface area contributed by atoms with Gasteiger partial charge in [-0.05, 0) is 57.6 Å². The van der Waals surface area contributed by atoms with E-state index in [9.17, 15) is 19.5 Å². The van der Waals surface area contributed by atoms with Gasteiger partial charge in [0.1, 0.15) is 11.6 Å². The maximum Gasteiger partial charge on any atom is 0.246 e. The van der Waals surface area contributed by atoms with Gasteiger partial charge in [-0.2, -0.15) is 0 Å². The van der Waals surface area contributed by atoms with Crippen molar-refractivity contribution in [2.75, 3.05) is 18.5 Å². The molecule has 3 amide bonds. The number of amides is 3. The predicted molar refractivity (Wildman–Crippen MR) is 132 cm³/mol. The van der Waals surface area contributed by atoms with Gasteiger partial charge in [-0.1, -0.05) is 39.0 Å². The zero-order chi connectivity index (χ0) is 25.8. The molecule has 3 fully saturated rings. The highest BCUT2D eigenvalue weighted by Gasteiger charge is 2.78. The third kappa shape index (κ3) is 4.47. The smallest absolute Gasteiger partial charge is 0.246 e. The number of carbonyl (C=O) groups excluding carboxylic acids is 3. The first kappa shape index (κ1) is 25.6. The lowest BCUT2D eigenvalue weighted by molar-refractivity contribution is -0.146.